The molecular weight excluding hydrogens is 640 g/mol. The molecule has 0 radical (unpaired) electrons. The molecule has 0 aromatic heterocycles. The van der Waals surface area contributed by atoms with E-state index in [1.54, 1.807) is 5.57 Å². The third-order valence-electron chi connectivity index (χ3n) is 14.5. The summed E-state index contributed by atoms with van der Waals surface area (Å²) in [6.07, 6.45) is 16.5. The Hall–Kier alpha value is -0.283. The molecule has 0 amide bonds. The molecule has 0 spiro atoms. The number of hydrogen-bond acceptors (Lipinski definition) is 5. The molecule has 1 unspecified atom stereocenters. The standard InChI is InChI=1S/C42H77N2O3PSi/c1-13-49(14-2,15-3)47-39-29-34-28-35(46-48(45-27-17-26-43)44(31(6)7)32(8)9)22-24-41(34,11)38-23-25-42(12)36(20-21-37(42)40(38)39)33(10)19-16-18-30(4)5/h29-33,35-40H,13-25,27-28H2,1-12H3/t33-,35+,36-,37+,38+,39+,40+,41+,42-,48?/m1/s1. The van der Waals surface area contributed by atoms with E-state index in [9.17, 15) is 5.26 Å². The molecule has 5 nitrogen and oxygen atoms in total. The molecule has 10 atom stereocenters. The molecule has 49 heavy (non-hydrogen) atoms. The quantitative estimate of drug-likeness (QED) is 0.0612. The van der Waals surface area contributed by atoms with Gasteiger partial charge in [-0.2, -0.15) is 5.26 Å². The second-order valence-corrected chi connectivity index (χ2v) is 24.4. The van der Waals surface area contributed by atoms with Gasteiger partial charge < -0.3 is 13.5 Å². The van der Waals surface area contributed by atoms with Crippen LogP contribution in [0, 0.1) is 57.7 Å². The summed E-state index contributed by atoms with van der Waals surface area (Å²) >= 11 is 0. The van der Waals surface area contributed by atoms with Crippen LogP contribution >= 0.6 is 8.53 Å². The molecule has 0 aromatic rings. The monoisotopic (exact) mass is 717 g/mol. The van der Waals surface area contributed by atoms with Gasteiger partial charge in [0.15, 0.2) is 8.32 Å². The van der Waals surface area contributed by atoms with E-state index < -0.39 is 16.8 Å². The first-order valence-electron chi connectivity index (χ1n) is 20.8. The maximum atomic E-state index is 9.24. The van der Waals surface area contributed by atoms with Gasteiger partial charge in [-0.05, 0) is 137 Å². The Labute approximate surface area is 306 Å². The molecule has 0 aromatic carbocycles. The van der Waals surface area contributed by atoms with Crippen molar-refractivity contribution in [2.75, 3.05) is 6.61 Å². The summed E-state index contributed by atoms with van der Waals surface area (Å²) in [5.74, 6) is 4.58. The van der Waals surface area contributed by atoms with Gasteiger partial charge in [-0.15, -0.1) is 0 Å². The number of rotatable bonds is 18. The van der Waals surface area contributed by atoms with Crippen LogP contribution in [0.3, 0.4) is 0 Å². The van der Waals surface area contributed by atoms with Crippen LogP contribution in [-0.4, -0.2) is 43.9 Å². The van der Waals surface area contributed by atoms with Gasteiger partial charge in [0, 0.05) is 12.1 Å². The highest BCUT2D eigenvalue weighted by molar-refractivity contribution is 7.44. The summed E-state index contributed by atoms with van der Waals surface area (Å²) in [5.41, 5.74) is 2.28. The van der Waals surface area contributed by atoms with Crippen molar-refractivity contribution in [3.05, 3.63) is 11.6 Å². The van der Waals surface area contributed by atoms with Gasteiger partial charge in [0.05, 0.1) is 31.3 Å². The molecular formula is C42H77N2O3PSi. The lowest BCUT2D eigenvalue weighted by molar-refractivity contribution is -0.0929. The Morgan fingerprint density at radius 1 is 0.918 bits per heavy atom. The summed E-state index contributed by atoms with van der Waals surface area (Å²) in [6, 6.07) is 6.52. The molecule has 7 heteroatoms. The smallest absolute Gasteiger partial charge is 0.259 e. The first-order chi connectivity index (χ1) is 23.2. The maximum absolute atomic E-state index is 9.24. The van der Waals surface area contributed by atoms with Gasteiger partial charge in [0.2, 0.25) is 0 Å². The molecule has 3 fully saturated rings. The predicted molar refractivity (Wildman–Crippen MR) is 211 cm³/mol. The minimum absolute atomic E-state index is 0.145. The van der Waals surface area contributed by atoms with Crippen molar-refractivity contribution in [3.8, 4) is 6.07 Å². The molecule has 0 N–H and O–H groups in total. The fourth-order valence-electron chi connectivity index (χ4n) is 11.5. The van der Waals surface area contributed by atoms with Crippen molar-refractivity contribution in [2.24, 2.45) is 46.3 Å². The molecule has 0 bridgehead atoms. The first kappa shape index (κ1) is 41.5. The number of nitriles is 1. The van der Waals surface area contributed by atoms with Gasteiger partial charge in [0.1, 0.15) is 0 Å². The fourth-order valence-corrected chi connectivity index (χ4v) is 16.1. The van der Waals surface area contributed by atoms with E-state index in [0.717, 1.165) is 36.5 Å². The van der Waals surface area contributed by atoms with Gasteiger partial charge in [-0.3, -0.25) is 0 Å². The van der Waals surface area contributed by atoms with Crippen LogP contribution in [-0.2, 0) is 13.5 Å². The van der Waals surface area contributed by atoms with Crippen LogP contribution < -0.4 is 0 Å². The van der Waals surface area contributed by atoms with E-state index in [1.807, 2.05) is 0 Å². The van der Waals surface area contributed by atoms with Crippen LogP contribution in [0.5, 0.6) is 0 Å². The third-order valence-corrected chi connectivity index (χ3v) is 21.3. The highest BCUT2D eigenvalue weighted by Gasteiger charge is 2.62. The summed E-state index contributed by atoms with van der Waals surface area (Å²) in [4.78, 5) is 0. The second kappa shape index (κ2) is 17.7. The zero-order valence-electron chi connectivity index (χ0n) is 34.0. The van der Waals surface area contributed by atoms with Crippen molar-refractivity contribution in [3.63, 3.8) is 0 Å². The van der Waals surface area contributed by atoms with Crippen LogP contribution in [0.1, 0.15) is 154 Å². The highest BCUT2D eigenvalue weighted by Crippen LogP contribution is 2.68. The molecule has 0 saturated heterocycles. The minimum atomic E-state index is -1.83. The Morgan fingerprint density at radius 2 is 1.59 bits per heavy atom. The lowest BCUT2D eigenvalue weighted by Crippen LogP contribution is -2.57. The Balaban J connectivity index is 1.65. The summed E-state index contributed by atoms with van der Waals surface area (Å²) in [7, 11) is -3.06. The molecule has 3 saturated carbocycles. The van der Waals surface area contributed by atoms with Crippen molar-refractivity contribution >= 4 is 16.8 Å². The average molecular weight is 717 g/mol. The minimum Gasteiger partial charge on any atom is -0.410 e. The Morgan fingerprint density at radius 3 is 2.18 bits per heavy atom. The molecule has 4 rings (SSSR count). The fraction of sp³-hybridized carbons (Fsp3) is 0.929. The Kier molecular flexibility index (Phi) is 15.0. The highest BCUT2D eigenvalue weighted by atomic mass is 31.2. The predicted octanol–water partition coefficient (Wildman–Crippen LogP) is 12.7. The zero-order valence-corrected chi connectivity index (χ0v) is 35.9. The van der Waals surface area contributed by atoms with Gasteiger partial charge >= 0.3 is 0 Å². The van der Waals surface area contributed by atoms with Gasteiger partial charge in [-0.25, -0.2) is 4.67 Å². The van der Waals surface area contributed by atoms with Crippen molar-refractivity contribution < 1.29 is 13.5 Å². The summed E-state index contributed by atoms with van der Waals surface area (Å²) < 4.78 is 23.5. The van der Waals surface area contributed by atoms with E-state index in [-0.39, 0.29) is 17.6 Å². The van der Waals surface area contributed by atoms with Crippen molar-refractivity contribution in [2.45, 2.75) is 196 Å². The lowest BCUT2D eigenvalue weighted by atomic mass is 9.46. The zero-order chi connectivity index (χ0) is 36.1. The van der Waals surface area contributed by atoms with E-state index in [4.69, 9.17) is 13.5 Å². The number of fused-ring (bicyclic) bond motifs is 5. The van der Waals surface area contributed by atoms with Gasteiger partial charge in [-0.1, -0.05) is 86.3 Å². The largest absolute Gasteiger partial charge is 0.410 e. The first-order valence-corrected chi connectivity index (χ1v) is 24.5. The van der Waals surface area contributed by atoms with Crippen LogP contribution in [0.25, 0.3) is 0 Å². The molecule has 4 aliphatic carbocycles. The van der Waals surface area contributed by atoms with E-state index >= 15 is 0 Å². The SMILES string of the molecule is CC[Si](CC)(CC)O[C@H]1C=C2C[C@@H](OP(OCCC#N)N(C(C)C)C(C)C)CC[C@]2(C)[C@H]2CC[C@]3(C)[C@@H]([C@H](C)CCCC(C)C)CC[C@H]3[C@H]12. The summed E-state index contributed by atoms with van der Waals surface area (Å²) in [6.45, 7) is 29.3. The third kappa shape index (κ3) is 8.92. The van der Waals surface area contributed by atoms with Crippen LogP contribution in [0.4, 0.5) is 0 Å². The van der Waals surface area contributed by atoms with E-state index in [0.29, 0.717) is 42.4 Å². The number of hydrogen-bond donors (Lipinski definition) is 0. The Bertz CT molecular complexity index is 1100. The van der Waals surface area contributed by atoms with Crippen LogP contribution in [0.15, 0.2) is 11.6 Å². The normalized spacial score (nSPS) is 34.5. The molecule has 282 valence electrons. The molecule has 0 aliphatic heterocycles. The number of nitrogens with zero attached hydrogens (tertiary/aromatic N) is 2. The van der Waals surface area contributed by atoms with Crippen LogP contribution in [0.2, 0.25) is 18.1 Å². The maximum Gasteiger partial charge on any atom is 0.259 e. The van der Waals surface area contributed by atoms with E-state index in [1.165, 1.54) is 69.5 Å². The van der Waals surface area contributed by atoms with Crippen molar-refractivity contribution in [1.82, 2.24) is 4.67 Å². The molecule has 4 aliphatic rings. The van der Waals surface area contributed by atoms with E-state index in [2.05, 4.69) is 99.9 Å². The second-order valence-electron chi connectivity index (χ2n) is 18.3. The summed E-state index contributed by atoms with van der Waals surface area (Å²) in [5, 5.41) is 9.24. The topological polar surface area (TPSA) is 54.7 Å². The van der Waals surface area contributed by atoms with Gasteiger partial charge in [0.25, 0.3) is 8.53 Å². The average Bonchev–Trinajstić information content (AvgIpc) is 3.41. The van der Waals surface area contributed by atoms with Crippen molar-refractivity contribution in [1.29, 1.82) is 5.26 Å². The lowest BCUT2D eigenvalue weighted by Gasteiger charge is -2.61. The molecule has 0 heterocycles.